The highest BCUT2D eigenvalue weighted by molar-refractivity contribution is 5.81. The standard InChI is InChI=1S/C16H18N6.CH3NO2/c17-13-3-1-2-11(8-13)9-21-16(18)22-10-12-4-6-19-15-14(12)5-7-20-15;1-2(3)4/h1-8H,9-10,17H2,(H,19,20)(H3,18,21,22);1H3. The van der Waals surface area contributed by atoms with Gasteiger partial charge in [-0.05, 0) is 35.4 Å². The van der Waals surface area contributed by atoms with Crippen molar-refractivity contribution in [3.05, 3.63) is 70.0 Å². The summed E-state index contributed by atoms with van der Waals surface area (Å²) in [5, 5.41) is 13.0. The summed E-state index contributed by atoms with van der Waals surface area (Å²) in [7, 11) is 0.889. The van der Waals surface area contributed by atoms with Crippen molar-refractivity contribution >= 4 is 22.7 Å². The van der Waals surface area contributed by atoms with Crippen LogP contribution in [-0.2, 0) is 13.1 Å². The van der Waals surface area contributed by atoms with Gasteiger partial charge in [0.1, 0.15) is 5.65 Å². The Morgan fingerprint density at radius 3 is 2.88 bits per heavy atom. The molecular formula is C17H21N7O2. The molecule has 0 aliphatic rings. The van der Waals surface area contributed by atoms with Crippen LogP contribution in [0.15, 0.2) is 53.8 Å². The smallest absolute Gasteiger partial charge is 0.194 e. The minimum atomic E-state index is -0.500. The van der Waals surface area contributed by atoms with Gasteiger partial charge in [-0.1, -0.05) is 12.1 Å². The number of hydrogen-bond acceptors (Lipinski definition) is 5. The number of H-pyrrole nitrogens is 1. The van der Waals surface area contributed by atoms with Crippen molar-refractivity contribution in [2.75, 3.05) is 12.8 Å². The van der Waals surface area contributed by atoms with Crippen LogP contribution in [0.25, 0.3) is 11.0 Å². The van der Waals surface area contributed by atoms with Crippen LogP contribution in [0, 0.1) is 10.1 Å². The van der Waals surface area contributed by atoms with Crippen molar-refractivity contribution in [2.45, 2.75) is 13.1 Å². The molecule has 2 aromatic heterocycles. The summed E-state index contributed by atoms with van der Waals surface area (Å²) in [4.78, 5) is 20.0. The van der Waals surface area contributed by atoms with Gasteiger partial charge in [0, 0.05) is 34.9 Å². The number of aromatic nitrogens is 2. The molecule has 0 saturated heterocycles. The number of aromatic amines is 1. The van der Waals surface area contributed by atoms with Crippen LogP contribution in [0.5, 0.6) is 0 Å². The Bertz CT molecular complexity index is 901. The molecule has 26 heavy (non-hydrogen) atoms. The molecule has 136 valence electrons. The average Bonchev–Trinajstić information content (AvgIpc) is 3.07. The van der Waals surface area contributed by atoms with Gasteiger partial charge in [0.2, 0.25) is 0 Å². The number of hydrogen-bond donors (Lipinski definition) is 4. The number of guanidine groups is 1. The molecule has 3 aromatic rings. The Hall–Kier alpha value is -3.62. The molecule has 6 N–H and O–H groups in total. The van der Waals surface area contributed by atoms with E-state index in [0.717, 1.165) is 34.9 Å². The summed E-state index contributed by atoms with van der Waals surface area (Å²) in [5.74, 6) is 0.405. The molecule has 0 saturated carbocycles. The Morgan fingerprint density at radius 1 is 1.38 bits per heavy atom. The lowest BCUT2D eigenvalue weighted by Gasteiger charge is -2.07. The zero-order valence-electron chi connectivity index (χ0n) is 14.3. The lowest BCUT2D eigenvalue weighted by molar-refractivity contribution is -0.445. The van der Waals surface area contributed by atoms with E-state index >= 15 is 0 Å². The summed E-state index contributed by atoms with van der Waals surface area (Å²) < 4.78 is 0. The molecule has 0 aliphatic heterocycles. The van der Waals surface area contributed by atoms with Crippen LogP contribution in [-0.4, -0.2) is 27.9 Å². The second-order valence-electron chi connectivity index (χ2n) is 5.45. The maximum atomic E-state index is 8.81. The van der Waals surface area contributed by atoms with Crippen molar-refractivity contribution in [2.24, 2.45) is 10.7 Å². The molecule has 3 rings (SSSR count). The quantitative estimate of drug-likeness (QED) is 0.184. The van der Waals surface area contributed by atoms with Gasteiger partial charge in [0.25, 0.3) is 0 Å². The van der Waals surface area contributed by atoms with Gasteiger partial charge in [-0.3, -0.25) is 10.1 Å². The van der Waals surface area contributed by atoms with Crippen LogP contribution < -0.4 is 16.8 Å². The minimum absolute atomic E-state index is 0.405. The van der Waals surface area contributed by atoms with E-state index in [0.29, 0.717) is 19.0 Å². The van der Waals surface area contributed by atoms with Crippen LogP contribution in [0.2, 0.25) is 0 Å². The molecular weight excluding hydrogens is 334 g/mol. The number of benzene rings is 1. The number of nitrogens with two attached hydrogens (primary N) is 2. The molecule has 9 heteroatoms. The van der Waals surface area contributed by atoms with Gasteiger partial charge >= 0.3 is 0 Å². The highest BCUT2D eigenvalue weighted by atomic mass is 16.6. The second-order valence-corrected chi connectivity index (χ2v) is 5.45. The maximum absolute atomic E-state index is 8.81. The number of nitrogen functional groups attached to an aromatic ring is 1. The first kappa shape index (κ1) is 18.7. The minimum Gasteiger partial charge on any atom is -0.399 e. The fourth-order valence-corrected chi connectivity index (χ4v) is 2.28. The van der Waals surface area contributed by atoms with Crippen LogP contribution in [0.3, 0.4) is 0 Å². The van der Waals surface area contributed by atoms with Gasteiger partial charge in [0.05, 0.1) is 6.54 Å². The highest BCUT2D eigenvalue weighted by Gasteiger charge is 2.02. The Morgan fingerprint density at radius 2 is 2.15 bits per heavy atom. The van der Waals surface area contributed by atoms with Crippen molar-refractivity contribution in [3.8, 4) is 0 Å². The topological polar surface area (TPSA) is 148 Å². The van der Waals surface area contributed by atoms with Crippen molar-refractivity contribution < 1.29 is 4.92 Å². The number of rotatable bonds is 4. The first-order valence-corrected chi connectivity index (χ1v) is 7.83. The lowest BCUT2D eigenvalue weighted by Crippen LogP contribution is -2.31. The number of fused-ring (bicyclic) bond motifs is 1. The van der Waals surface area contributed by atoms with Crippen LogP contribution in [0.1, 0.15) is 11.1 Å². The normalized spacial score (nSPS) is 10.9. The first-order valence-electron chi connectivity index (χ1n) is 7.83. The van der Waals surface area contributed by atoms with Gasteiger partial charge in [-0.25, -0.2) is 9.98 Å². The summed E-state index contributed by atoms with van der Waals surface area (Å²) in [5.41, 5.74) is 15.4. The summed E-state index contributed by atoms with van der Waals surface area (Å²) in [6, 6.07) is 11.6. The average molecular weight is 355 g/mol. The number of nitrogens with zero attached hydrogens (tertiary/aromatic N) is 3. The first-order chi connectivity index (χ1) is 12.5. The maximum Gasteiger partial charge on any atom is 0.194 e. The van der Waals surface area contributed by atoms with E-state index in [1.54, 1.807) is 6.20 Å². The molecule has 0 aliphatic carbocycles. The van der Waals surface area contributed by atoms with E-state index in [-0.39, 0.29) is 0 Å². The van der Waals surface area contributed by atoms with Crippen molar-refractivity contribution in [1.82, 2.24) is 15.3 Å². The van der Waals surface area contributed by atoms with Crippen LogP contribution >= 0.6 is 0 Å². The number of nitrogens with one attached hydrogen (secondary N) is 2. The molecule has 0 fully saturated rings. The second kappa shape index (κ2) is 9.02. The Labute approximate surface area is 150 Å². The molecule has 0 unspecified atom stereocenters. The number of nitro groups is 1. The van der Waals surface area contributed by atoms with Gasteiger partial charge < -0.3 is 21.8 Å². The van der Waals surface area contributed by atoms with E-state index in [2.05, 4.69) is 20.3 Å². The number of pyridine rings is 1. The Kier molecular flexibility index (Phi) is 6.49. The fourth-order valence-electron chi connectivity index (χ4n) is 2.28. The third kappa shape index (κ3) is 5.78. The van der Waals surface area contributed by atoms with E-state index in [1.807, 2.05) is 42.6 Å². The van der Waals surface area contributed by atoms with Crippen LogP contribution in [0.4, 0.5) is 5.69 Å². The molecule has 0 amide bonds. The number of anilines is 1. The van der Waals surface area contributed by atoms with E-state index < -0.39 is 4.92 Å². The van der Waals surface area contributed by atoms with E-state index in [4.69, 9.17) is 21.6 Å². The Balaban J connectivity index is 0.000000552. The molecule has 0 radical (unpaired) electrons. The highest BCUT2D eigenvalue weighted by Crippen LogP contribution is 2.14. The predicted octanol–water partition coefficient (Wildman–Crippen LogP) is 1.64. The zero-order valence-corrected chi connectivity index (χ0v) is 14.3. The van der Waals surface area contributed by atoms with E-state index in [9.17, 15) is 0 Å². The predicted molar refractivity (Wildman–Crippen MR) is 102 cm³/mol. The third-order valence-electron chi connectivity index (χ3n) is 3.39. The van der Waals surface area contributed by atoms with Crippen molar-refractivity contribution in [3.63, 3.8) is 0 Å². The summed E-state index contributed by atoms with van der Waals surface area (Å²) in [6.45, 7) is 1.10. The SMILES string of the molecule is C[N+](=O)[O-].NC(=NCc1cccc(N)c1)NCc1ccnc2[nH]ccc12. The third-order valence-corrected chi connectivity index (χ3v) is 3.39. The molecule has 0 atom stereocenters. The molecule has 9 nitrogen and oxygen atoms in total. The molecule has 0 bridgehead atoms. The lowest BCUT2D eigenvalue weighted by atomic mass is 10.2. The monoisotopic (exact) mass is 355 g/mol. The molecule has 0 spiro atoms. The van der Waals surface area contributed by atoms with Gasteiger partial charge in [0.15, 0.2) is 13.0 Å². The van der Waals surface area contributed by atoms with Crippen molar-refractivity contribution in [1.29, 1.82) is 0 Å². The molecule has 2 heterocycles. The van der Waals surface area contributed by atoms with Gasteiger partial charge in [-0.15, -0.1) is 0 Å². The number of aliphatic imine (C=N–C) groups is 1. The molecule has 1 aromatic carbocycles. The largest absolute Gasteiger partial charge is 0.399 e. The fraction of sp³-hybridized carbons (Fsp3) is 0.176. The summed E-state index contributed by atoms with van der Waals surface area (Å²) >= 11 is 0. The van der Waals surface area contributed by atoms with Gasteiger partial charge in [-0.2, -0.15) is 0 Å². The van der Waals surface area contributed by atoms with E-state index in [1.165, 1.54) is 0 Å². The zero-order chi connectivity index (χ0) is 18.9. The summed E-state index contributed by atoms with van der Waals surface area (Å²) in [6.07, 6.45) is 3.65.